The van der Waals surface area contributed by atoms with Crippen molar-refractivity contribution in [2.24, 2.45) is 5.84 Å². The predicted octanol–water partition coefficient (Wildman–Crippen LogP) is -10.6. The number of nitrogens with two attached hydrogens (primary N) is 1. The van der Waals surface area contributed by atoms with Crippen molar-refractivity contribution < 1.29 is 137 Å². The van der Waals surface area contributed by atoms with Gasteiger partial charge in [0.1, 0.15) is 108 Å². The second-order valence-corrected chi connectivity index (χ2v) is 30.1. The number of hydrogen-bond donors (Lipinski definition) is 23. The zero-order valence-electron chi connectivity index (χ0n) is 70.3. The molecular formula is C74H123N23O28. The highest BCUT2D eigenvalue weighted by Crippen LogP contribution is 2.26. The first-order chi connectivity index (χ1) is 59.8. The van der Waals surface area contributed by atoms with E-state index in [1.54, 1.807) is 0 Å². The summed E-state index contributed by atoms with van der Waals surface area (Å²) in [4.78, 5) is 166. The molecule has 24 N–H and O–H groups in total. The van der Waals surface area contributed by atoms with Crippen LogP contribution in [0.15, 0.2) is 18.6 Å². The van der Waals surface area contributed by atoms with Gasteiger partial charge in [0.2, 0.25) is 76.8 Å². The Morgan fingerprint density at radius 1 is 0.376 bits per heavy atom. The van der Waals surface area contributed by atoms with E-state index in [1.165, 1.54) is 60.3 Å². The van der Waals surface area contributed by atoms with E-state index in [4.69, 9.17) is 34.3 Å². The Hall–Kier alpha value is -10.1. The Balaban J connectivity index is 0.961. The standard InChI is InChI=1S/C74H123N23O28/c1-41(101)82-48(17-20-54(105)79-32-45-35-95(92-89-45)26-29-120-72-60(83-42(2)102)66(114)63(111)51(38-98)123-72)69(117)76-23-11-5-8-14-57(108)86-49(18-21-55(106)80-33-46-36-96(93-90-46)27-30-121-73-61(84-43(3)103)67(115)64(112)52(39-99)124-73)70(118)77-24-12-6-9-15-58(109)87-50(71(119)78-25-13-7-10-16-59(110)88-75)19-22-56(107)81-34-47-37-97(94-91-47)28-31-122-74-62(85-44(4)104)68(116)65(113)53(40-100)125-74/h35-37,48-53,60-68,72-74,98-100,111-116H,5-34,38-40,75H2,1-4H3,(H,76,117)(H,77,118)(H,78,119)(H,79,105)(H,80,106)(H,81,107)(H,82,101)(H,83,102)(H,84,103)(H,85,104)(H,86,108)(H,87,109)(H,88,110)/t48?,49?,50?,51-,52-,53-,60-,61-,62-,63-,64-,65-,66-,67-,68-,72-,73-,74-/m1/s1. The lowest BCUT2D eigenvalue weighted by atomic mass is 9.97. The number of nitrogens with one attached hydrogen (secondary N) is 13. The average Bonchev–Trinajstić information content (AvgIpc) is 1.78. The van der Waals surface area contributed by atoms with Crippen molar-refractivity contribution in [3.63, 3.8) is 0 Å². The van der Waals surface area contributed by atoms with Gasteiger partial charge in [-0.25, -0.2) is 19.9 Å². The maximum atomic E-state index is 13.9. The molecule has 702 valence electrons. The second kappa shape index (κ2) is 55.4. The summed E-state index contributed by atoms with van der Waals surface area (Å²) in [6.45, 7) is 3.07. The van der Waals surface area contributed by atoms with Gasteiger partial charge in [-0.05, 0) is 57.8 Å². The number of amides is 13. The third-order valence-corrected chi connectivity index (χ3v) is 20.0. The molecule has 3 saturated heterocycles. The first-order valence-electron chi connectivity index (χ1n) is 41.5. The molecule has 3 unspecified atom stereocenters. The fourth-order valence-electron chi connectivity index (χ4n) is 13.3. The van der Waals surface area contributed by atoms with Gasteiger partial charge in [-0.3, -0.25) is 67.8 Å². The van der Waals surface area contributed by atoms with E-state index in [9.17, 15) is 108 Å². The zero-order valence-corrected chi connectivity index (χ0v) is 70.3. The molecule has 6 heterocycles. The normalized spacial score (nSPS) is 23.0. The molecule has 0 aromatic carbocycles. The minimum atomic E-state index is -1.53. The van der Waals surface area contributed by atoms with E-state index < -0.39 is 201 Å². The Morgan fingerprint density at radius 2 is 0.664 bits per heavy atom. The predicted molar refractivity (Wildman–Crippen MR) is 425 cm³/mol. The first kappa shape index (κ1) is 104. The molecule has 0 saturated carbocycles. The topological polar surface area (TPSA) is 734 Å². The minimum Gasteiger partial charge on any atom is -0.394 e. The van der Waals surface area contributed by atoms with E-state index >= 15 is 0 Å². The Bertz CT molecular complexity index is 3900. The number of rotatable bonds is 57. The molecule has 3 aromatic rings. The van der Waals surface area contributed by atoms with Crippen molar-refractivity contribution >= 4 is 76.8 Å². The molecule has 6 rings (SSSR count). The van der Waals surface area contributed by atoms with Crippen LogP contribution in [0.3, 0.4) is 0 Å². The van der Waals surface area contributed by atoms with Crippen LogP contribution < -0.4 is 75.1 Å². The van der Waals surface area contributed by atoms with Gasteiger partial charge in [0.15, 0.2) is 18.9 Å². The smallest absolute Gasteiger partial charge is 0.242 e. The second-order valence-electron chi connectivity index (χ2n) is 30.1. The Labute approximate surface area is 718 Å². The molecule has 3 fully saturated rings. The maximum absolute atomic E-state index is 13.9. The Kier molecular flexibility index (Phi) is 45.9. The summed E-state index contributed by atoms with van der Waals surface area (Å²) in [6.07, 6.45) is -9.09. The van der Waals surface area contributed by atoms with E-state index in [2.05, 4.69) is 100 Å². The van der Waals surface area contributed by atoms with Crippen LogP contribution >= 0.6 is 0 Å². The van der Waals surface area contributed by atoms with Crippen molar-refractivity contribution in [1.82, 2.24) is 114 Å². The highest BCUT2D eigenvalue weighted by molar-refractivity contribution is 5.90. The first-order valence-corrected chi connectivity index (χ1v) is 41.5. The summed E-state index contributed by atoms with van der Waals surface area (Å²) in [5.41, 5.74) is 3.06. The van der Waals surface area contributed by atoms with E-state index in [1.807, 2.05) is 0 Å². The van der Waals surface area contributed by atoms with Crippen molar-refractivity contribution in [3.8, 4) is 0 Å². The molecule has 3 aromatic heterocycles. The summed E-state index contributed by atoms with van der Waals surface area (Å²) < 4.78 is 38.1. The maximum Gasteiger partial charge on any atom is 0.242 e. The van der Waals surface area contributed by atoms with Gasteiger partial charge in [0, 0.05) is 85.9 Å². The molecule has 0 radical (unpaired) electrons. The van der Waals surface area contributed by atoms with Gasteiger partial charge in [-0.15, -0.1) is 15.3 Å². The number of unbranched alkanes of at least 4 members (excludes halogenated alkanes) is 6. The van der Waals surface area contributed by atoms with Crippen molar-refractivity contribution in [2.75, 3.05) is 59.3 Å². The number of aromatic nitrogens is 9. The van der Waals surface area contributed by atoms with Crippen molar-refractivity contribution in [2.45, 2.75) is 293 Å². The number of hydrazine groups is 1. The third-order valence-electron chi connectivity index (χ3n) is 20.0. The van der Waals surface area contributed by atoms with Gasteiger partial charge in [-0.1, -0.05) is 34.9 Å². The minimum absolute atomic E-state index is 0.0579. The van der Waals surface area contributed by atoms with Crippen LogP contribution in [0.4, 0.5) is 0 Å². The number of aliphatic hydroxyl groups is 9. The summed E-state index contributed by atoms with van der Waals surface area (Å²) in [7, 11) is 0. The number of nitrogens with zero attached hydrogens (tertiary/aromatic N) is 9. The number of ether oxygens (including phenoxy) is 6. The molecule has 0 aliphatic carbocycles. The van der Waals surface area contributed by atoms with Crippen molar-refractivity contribution in [3.05, 3.63) is 35.7 Å². The largest absolute Gasteiger partial charge is 0.394 e. The molecule has 3 aliphatic rings. The summed E-state index contributed by atoms with van der Waals surface area (Å²) in [6, 6.07) is -6.93. The zero-order chi connectivity index (χ0) is 91.5. The molecule has 51 heteroatoms. The van der Waals surface area contributed by atoms with Gasteiger partial charge in [-0.2, -0.15) is 0 Å². The molecule has 125 heavy (non-hydrogen) atoms. The SMILES string of the molecule is CC(=O)NC(CCC(=O)NCc1cn(CCO[C@@H]2O[C@H](CO)[C@@H](O)[C@H](O)[C@H]2NC(C)=O)nn1)C(=O)NCCCCCC(=O)NC(CCC(=O)NCc1cn(CCO[C@@H]2O[C@H](CO)[C@@H](O)[C@H](O)[C@H]2NC(C)=O)nn1)C(=O)NCCCCCC(=O)NC(CCC(=O)NCc1cn(CCO[C@@H]2O[C@H](CO)[C@@H](O)[C@H](O)[C@H]2NC(C)=O)nn1)C(=O)NCCCCCC(=O)NN. The van der Waals surface area contributed by atoms with Crippen LogP contribution in [0.25, 0.3) is 0 Å². The van der Waals surface area contributed by atoms with Crippen LogP contribution in [0.5, 0.6) is 0 Å². The molecule has 3 aliphatic heterocycles. The van der Waals surface area contributed by atoms with Crippen LogP contribution in [0.2, 0.25) is 0 Å². The lowest BCUT2D eigenvalue weighted by Crippen LogP contribution is -2.64. The molecule has 0 spiro atoms. The third kappa shape index (κ3) is 37.2. The van der Waals surface area contributed by atoms with Crippen LogP contribution in [0, 0.1) is 0 Å². The van der Waals surface area contributed by atoms with Crippen LogP contribution in [0.1, 0.15) is 160 Å². The van der Waals surface area contributed by atoms with E-state index in [-0.39, 0.29) is 142 Å². The lowest BCUT2D eigenvalue weighted by Gasteiger charge is -2.42. The highest BCUT2D eigenvalue weighted by Gasteiger charge is 2.48. The molecular weight excluding hydrogens is 1660 g/mol. The fourth-order valence-corrected chi connectivity index (χ4v) is 13.3. The summed E-state index contributed by atoms with van der Waals surface area (Å²) in [5, 5.41) is 148. The van der Waals surface area contributed by atoms with Gasteiger partial charge in [0.05, 0.1) is 97.5 Å². The lowest BCUT2D eigenvalue weighted by molar-refractivity contribution is -0.270. The summed E-state index contributed by atoms with van der Waals surface area (Å²) in [5.74, 6) is -1.58. The molecule has 0 bridgehead atoms. The monoisotopic (exact) mass is 1780 g/mol. The number of carbonyl (C=O) groups is 13. The highest BCUT2D eigenvalue weighted by atomic mass is 16.7. The molecule has 13 amide bonds. The van der Waals surface area contributed by atoms with E-state index in [0.717, 1.165) is 0 Å². The number of aliphatic hydroxyl groups excluding tert-OH is 9. The fraction of sp³-hybridized carbons (Fsp3) is 0.743. The molecule has 51 nitrogen and oxygen atoms in total. The van der Waals surface area contributed by atoms with Gasteiger partial charge < -0.3 is 138 Å². The summed E-state index contributed by atoms with van der Waals surface area (Å²) >= 11 is 0. The van der Waals surface area contributed by atoms with Crippen molar-refractivity contribution in [1.29, 1.82) is 0 Å². The van der Waals surface area contributed by atoms with Crippen LogP contribution in [-0.2, 0) is 130 Å². The Morgan fingerprint density at radius 3 is 0.936 bits per heavy atom. The number of carbonyl (C=O) groups excluding carboxylic acids is 13. The number of hydrogen-bond acceptors (Lipinski definition) is 35. The van der Waals surface area contributed by atoms with Crippen LogP contribution in [-0.4, -0.2) is 337 Å². The van der Waals surface area contributed by atoms with E-state index in [0.29, 0.717) is 74.9 Å². The van der Waals surface area contributed by atoms with Gasteiger partial charge in [0.25, 0.3) is 0 Å². The quantitative estimate of drug-likeness (QED) is 0.0108. The van der Waals surface area contributed by atoms with Gasteiger partial charge >= 0.3 is 0 Å². The average molecular weight is 1780 g/mol. The molecule has 18 atom stereocenters.